The number of rotatable bonds is 2. The molecule has 1 aromatic carbocycles. The minimum Gasteiger partial charge on any atom is -0.342 e. The van der Waals surface area contributed by atoms with E-state index >= 15 is 0 Å². The first-order valence-corrected chi connectivity index (χ1v) is 7.18. The number of nitrogens with zero attached hydrogens (tertiary/aromatic N) is 3. The lowest BCUT2D eigenvalue weighted by molar-refractivity contribution is 0.0781. The zero-order valence-corrected chi connectivity index (χ0v) is 12.8. The largest absolute Gasteiger partial charge is 0.342 e. The molecule has 2 saturated heterocycles. The van der Waals surface area contributed by atoms with Gasteiger partial charge in [-0.05, 0) is 24.0 Å². The highest BCUT2D eigenvalue weighted by molar-refractivity contribution is 5.94. The number of likely N-dealkylation sites (tertiary alicyclic amines) is 1. The molecule has 0 aliphatic carbocycles. The summed E-state index contributed by atoms with van der Waals surface area (Å²) in [7, 11) is 0. The van der Waals surface area contributed by atoms with Crippen molar-refractivity contribution in [1.29, 1.82) is 0 Å². The molecule has 0 spiro atoms. The fraction of sp³-hybridized carbons (Fsp3) is 0.400. The van der Waals surface area contributed by atoms with Crippen molar-refractivity contribution in [2.75, 3.05) is 26.2 Å². The summed E-state index contributed by atoms with van der Waals surface area (Å²) in [5, 5.41) is 7.17. The van der Waals surface area contributed by atoms with E-state index in [1.807, 2.05) is 29.2 Å². The Morgan fingerprint density at radius 3 is 2.45 bits per heavy atom. The van der Waals surface area contributed by atoms with E-state index in [9.17, 15) is 4.79 Å². The topological polar surface area (TPSA) is 71.3 Å². The predicted molar refractivity (Wildman–Crippen MR) is 82.7 cm³/mol. The van der Waals surface area contributed by atoms with E-state index in [-0.39, 0.29) is 18.3 Å². The lowest BCUT2D eigenvalue weighted by Gasteiger charge is -2.17. The molecule has 2 fully saturated rings. The van der Waals surface area contributed by atoms with Crippen molar-refractivity contribution in [3.05, 3.63) is 36.2 Å². The molecule has 4 rings (SSSR count). The van der Waals surface area contributed by atoms with Gasteiger partial charge in [-0.25, -0.2) is 0 Å². The Morgan fingerprint density at radius 2 is 1.86 bits per heavy atom. The number of carbonyl (C=O) groups excluding carboxylic acids is 1. The highest BCUT2D eigenvalue weighted by Gasteiger charge is 2.38. The summed E-state index contributed by atoms with van der Waals surface area (Å²) in [6.07, 6.45) is 1.30. The van der Waals surface area contributed by atoms with Gasteiger partial charge in [0, 0.05) is 37.3 Å². The Hall–Kier alpha value is -1.92. The number of benzene rings is 1. The number of hydrogen-bond donors (Lipinski definition) is 1. The molecule has 1 amide bonds. The van der Waals surface area contributed by atoms with Crippen molar-refractivity contribution in [3.63, 3.8) is 0 Å². The first-order valence-electron chi connectivity index (χ1n) is 7.18. The molecule has 0 unspecified atom stereocenters. The van der Waals surface area contributed by atoms with Gasteiger partial charge >= 0.3 is 0 Å². The molecule has 2 aromatic rings. The molecule has 2 aliphatic heterocycles. The third-order valence-electron chi connectivity index (χ3n) is 4.43. The van der Waals surface area contributed by atoms with Crippen LogP contribution in [0.2, 0.25) is 0 Å². The molecule has 1 aromatic heterocycles. The minimum absolute atomic E-state index is 0. The van der Waals surface area contributed by atoms with Crippen LogP contribution in [0.15, 0.2) is 35.2 Å². The van der Waals surface area contributed by atoms with Crippen LogP contribution in [0.3, 0.4) is 0 Å². The van der Waals surface area contributed by atoms with Crippen LogP contribution in [-0.2, 0) is 0 Å². The maximum absolute atomic E-state index is 12.5. The quantitative estimate of drug-likeness (QED) is 0.907. The predicted octanol–water partition coefficient (Wildman–Crippen LogP) is 1.45. The Balaban J connectivity index is 0.00000144. The molecule has 116 valence electrons. The van der Waals surface area contributed by atoms with Gasteiger partial charge in [0.25, 0.3) is 5.91 Å². The van der Waals surface area contributed by atoms with Crippen LogP contribution in [-0.4, -0.2) is 47.1 Å². The highest BCUT2D eigenvalue weighted by atomic mass is 35.5. The summed E-state index contributed by atoms with van der Waals surface area (Å²) in [6, 6.07) is 7.38. The smallest absolute Gasteiger partial charge is 0.253 e. The van der Waals surface area contributed by atoms with Crippen molar-refractivity contribution in [3.8, 4) is 11.4 Å². The summed E-state index contributed by atoms with van der Waals surface area (Å²) in [4.78, 5) is 18.5. The van der Waals surface area contributed by atoms with Gasteiger partial charge in [0.15, 0.2) is 0 Å². The van der Waals surface area contributed by atoms with Gasteiger partial charge < -0.3 is 14.7 Å². The molecule has 0 saturated carbocycles. The monoisotopic (exact) mass is 320 g/mol. The van der Waals surface area contributed by atoms with Crippen LogP contribution in [0, 0.1) is 11.8 Å². The molecular weight excluding hydrogens is 304 g/mol. The van der Waals surface area contributed by atoms with E-state index in [4.69, 9.17) is 4.52 Å². The fourth-order valence-corrected chi connectivity index (χ4v) is 3.26. The Labute approximate surface area is 134 Å². The standard InChI is InChI=1S/C15H16N4O2.ClH/c20-15(19-7-12-5-16-6-13(12)8-19)11-3-1-10(2-4-11)14-17-9-21-18-14;/h1-4,9,12-13,16H,5-8H2;1H/t12-,13+;. The van der Waals surface area contributed by atoms with Crippen molar-refractivity contribution in [2.24, 2.45) is 11.8 Å². The third kappa shape index (κ3) is 2.60. The summed E-state index contributed by atoms with van der Waals surface area (Å²) >= 11 is 0. The number of halogens is 1. The molecule has 6 nitrogen and oxygen atoms in total. The number of hydrogen-bond acceptors (Lipinski definition) is 5. The van der Waals surface area contributed by atoms with Crippen LogP contribution in [0.25, 0.3) is 11.4 Å². The highest BCUT2D eigenvalue weighted by Crippen LogP contribution is 2.27. The number of aromatic nitrogens is 2. The normalized spacial score (nSPS) is 23.2. The van der Waals surface area contributed by atoms with Crippen molar-refractivity contribution < 1.29 is 9.32 Å². The number of nitrogens with one attached hydrogen (secondary N) is 1. The molecule has 1 N–H and O–H groups in total. The van der Waals surface area contributed by atoms with Gasteiger partial charge in [-0.3, -0.25) is 4.79 Å². The van der Waals surface area contributed by atoms with Gasteiger partial charge in [0.2, 0.25) is 12.2 Å². The summed E-state index contributed by atoms with van der Waals surface area (Å²) in [5.41, 5.74) is 1.57. The Kier molecular flexibility index (Phi) is 4.13. The lowest BCUT2D eigenvalue weighted by atomic mass is 10.0. The molecular formula is C15H17ClN4O2. The van der Waals surface area contributed by atoms with Gasteiger partial charge in [-0.1, -0.05) is 17.3 Å². The van der Waals surface area contributed by atoms with E-state index in [2.05, 4.69) is 15.5 Å². The van der Waals surface area contributed by atoms with E-state index in [1.54, 1.807) is 0 Å². The maximum atomic E-state index is 12.5. The summed E-state index contributed by atoms with van der Waals surface area (Å²) in [6.45, 7) is 3.79. The van der Waals surface area contributed by atoms with Gasteiger partial charge in [0.05, 0.1) is 0 Å². The van der Waals surface area contributed by atoms with Crippen LogP contribution in [0.5, 0.6) is 0 Å². The average Bonchev–Trinajstić information content (AvgIpc) is 3.23. The van der Waals surface area contributed by atoms with E-state index in [1.165, 1.54) is 6.39 Å². The summed E-state index contributed by atoms with van der Waals surface area (Å²) < 4.78 is 4.73. The Morgan fingerprint density at radius 1 is 1.18 bits per heavy atom. The van der Waals surface area contributed by atoms with Crippen LogP contribution >= 0.6 is 12.4 Å². The molecule has 0 bridgehead atoms. The second-order valence-electron chi connectivity index (χ2n) is 5.72. The summed E-state index contributed by atoms with van der Waals surface area (Å²) in [5.74, 6) is 1.89. The SMILES string of the molecule is Cl.O=C(c1ccc(-c2ncon2)cc1)N1C[C@H]2CNC[C@H]2C1. The average molecular weight is 321 g/mol. The number of fused-ring (bicyclic) bond motifs is 1. The molecule has 0 radical (unpaired) electrons. The molecule has 2 aliphatic rings. The minimum atomic E-state index is 0. The number of carbonyl (C=O) groups is 1. The lowest BCUT2D eigenvalue weighted by Crippen LogP contribution is -2.31. The fourth-order valence-electron chi connectivity index (χ4n) is 3.26. The third-order valence-corrected chi connectivity index (χ3v) is 4.43. The number of amides is 1. The molecule has 3 heterocycles. The maximum Gasteiger partial charge on any atom is 0.253 e. The molecule has 22 heavy (non-hydrogen) atoms. The molecule has 7 heteroatoms. The first-order chi connectivity index (χ1) is 10.3. The first kappa shape index (κ1) is 15.0. The second kappa shape index (κ2) is 6.06. The Bertz CT molecular complexity index is 632. The van der Waals surface area contributed by atoms with Crippen LogP contribution < -0.4 is 5.32 Å². The van der Waals surface area contributed by atoms with E-state index in [0.717, 1.165) is 37.3 Å². The van der Waals surface area contributed by atoms with Gasteiger partial charge in [-0.15, -0.1) is 12.4 Å². The second-order valence-corrected chi connectivity index (χ2v) is 5.72. The van der Waals surface area contributed by atoms with Crippen molar-refractivity contribution >= 4 is 18.3 Å². The molecule has 2 atom stereocenters. The van der Waals surface area contributed by atoms with Gasteiger partial charge in [-0.2, -0.15) is 4.98 Å². The van der Waals surface area contributed by atoms with Crippen molar-refractivity contribution in [1.82, 2.24) is 20.4 Å². The van der Waals surface area contributed by atoms with Crippen LogP contribution in [0.4, 0.5) is 0 Å². The van der Waals surface area contributed by atoms with Crippen LogP contribution in [0.1, 0.15) is 10.4 Å². The van der Waals surface area contributed by atoms with E-state index < -0.39 is 0 Å². The zero-order valence-electron chi connectivity index (χ0n) is 11.9. The van der Waals surface area contributed by atoms with E-state index in [0.29, 0.717) is 17.7 Å². The van der Waals surface area contributed by atoms with Gasteiger partial charge in [0.1, 0.15) is 0 Å². The zero-order chi connectivity index (χ0) is 14.2. The van der Waals surface area contributed by atoms with Crippen molar-refractivity contribution in [2.45, 2.75) is 0 Å².